The maximum absolute atomic E-state index is 12.5. The second-order valence-electron chi connectivity index (χ2n) is 6.30. The highest BCUT2D eigenvalue weighted by Gasteiger charge is 2.20. The van der Waals surface area contributed by atoms with Crippen LogP contribution >= 0.6 is 0 Å². The number of aryl methyl sites for hydroxylation is 1. The molecule has 0 atom stereocenters. The van der Waals surface area contributed by atoms with Gasteiger partial charge in [-0.2, -0.15) is 5.10 Å². The third-order valence-corrected chi connectivity index (χ3v) is 4.37. The highest BCUT2D eigenvalue weighted by atomic mass is 16.1. The summed E-state index contributed by atoms with van der Waals surface area (Å²) in [5.74, 6) is 0.717. The van der Waals surface area contributed by atoms with Crippen molar-refractivity contribution in [2.24, 2.45) is 0 Å². The third kappa shape index (κ3) is 3.17. The molecule has 1 N–H and O–H groups in total. The van der Waals surface area contributed by atoms with Gasteiger partial charge in [0.15, 0.2) is 11.5 Å². The van der Waals surface area contributed by atoms with Crippen LogP contribution in [0.1, 0.15) is 34.6 Å². The Balaban J connectivity index is 1.60. The lowest BCUT2D eigenvalue weighted by Gasteiger charge is -2.17. The maximum atomic E-state index is 12.5. The molecule has 4 heterocycles. The van der Waals surface area contributed by atoms with Crippen molar-refractivity contribution in [3.05, 3.63) is 53.7 Å². The van der Waals surface area contributed by atoms with Crippen molar-refractivity contribution in [3.63, 3.8) is 0 Å². The number of nitrogens with one attached hydrogen (secondary N) is 1. The summed E-state index contributed by atoms with van der Waals surface area (Å²) in [5, 5.41) is 7.33. The van der Waals surface area contributed by atoms with Gasteiger partial charge in [-0.05, 0) is 31.4 Å². The smallest absolute Gasteiger partial charge is 0.272 e. The Bertz CT molecular complexity index is 899. The van der Waals surface area contributed by atoms with E-state index in [2.05, 4.69) is 25.3 Å². The fourth-order valence-corrected chi connectivity index (χ4v) is 3.14. The Labute approximate surface area is 145 Å². The van der Waals surface area contributed by atoms with Crippen molar-refractivity contribution in [1.82, 2.24) is 24.9 Å². The minimum atomic E-state index is -0.197. The largest absolute Gasteiger partial charge is 0.355 e. The Morgan fingerprint density at radius 2 is 2.16 bits per heavy atom. The molecule has 3 aromatic rings. The molecule has 25 heavy (non-hydrogen) atoms. The number of carbonyl (C=O) groups excluding carboxylic acids is 1. The first kappa shape index (κ1) is 15.6. The van der Waals surface area contributed by atoms with Gasteiger partial charge in [-0.25, -0.2) is 9.50 Å². The van der Waals surface area contributed by atoms with Gasteiger partial charge < -0.3 is 10.2 Å². The van der Waals surface area contributed by atoms with Gasteiger partial charge in [-0.3, -0.25) is 9.78 Å². The Hall–Kier alpha value is -2.96. The molecule has 0 spiro atoms. The Morgan fingerprint density at radius 3 is 2.92 bits per heavy atom. The molecule has 4 rings (SSSR count). The Morgan fingerprint density at radius 1 is 1.32 bits per heavy atom. The first-order valence-corrected chi connectivity index (χ1v) is 8.50. The van der Waals surface area contributed by atoms with Crippen LogP contribution in [0.3, 0.4) is 0 Å². The molecule has 1 saturated heterocycles. The van der Waals surface area contributed by atoms with Gasteiger partial charge in [0.1, 0.15) is 5.52 Å². The first-order chi connectivity index (χ1) is 12.2. The summed E-state index contributed by atoms with van der Waals surface area (Å²) in [6.45, 7) is 4.37. The van der Waals surface area contributed by atoms with Gasteiger partial charge in [-0.1, -0.05) is 6.07 Å². The summed E-state index contributed by atoms with van der Waals surface area (Å²) in [7, 11) is 0. The van der Waals surface area contributed by atoms with Crippen molar-refractivity contribution in [2.75, 3.05) is 18.0 Å². The van der Waals surface area contributed by atoms with Crippen LogP contribution in [-0.4, -0.2) is 38.6 Å². The first-order valence-electron chi connectivity index (χ1n) is 8.50. The van der Waals surface area contributed by atoms with Gasteiger partial charge in [0.25, 0.3) is 5.91 Å². The second kappa shape index (κ2) is 6.51. The summed E-state index contributed by atoms with van der Waals surface area (Å²) in [5.41, 5.74) is 3.12. The Kier molecular flexibility index (Phi) is 4.05. The monoisotopic (exact) mass is 336 g/mol. The van der Waals surface area contributed by atoms with Crippen LogP contribution in [0.2, 0.25) is 0 Å². The van der Waals surface area contributed by atoms with E-state index in [1.807, 2.05) is 31.3 Å². The SMILES string of the molecule is Cc1cn2nc(C(=O)NCc3cccnc3)cc2c(N2CCCC2)n1. The van der Waals surface area contributed by atoms with Gasteiger partial charge in [0.05, 0.1) is 11.9 Å². The zero-order valence-electron chi connectivity index (χ0n) is 14.1. The molecule has 0 saturated carbocycles. The zero-order valence-corrected chi connectivity index (χ0v) is 14.1. The van der Waals surface area contributed by atoms with Gasteiger partial charge in [0.2, 0.25) is 0 Å². The minimum Gasteiger partial charge on any atom is -0.355 e. The molecular weight excluding hydrogens is 316 g/mol. The molecule has 3 aromatic heterocycles. The van der Waals surface area contributed by atoms with E-state index >= 15 is 0 Å². The van der Waals surface area contributed by atoms with E-state index < -0.39 is 0 Å². The quantitative estimate of drug-likeness (QED) is 0.788. The standard InChI is InChI=1S/C18H20N6O/c1-13-12-24-16(17(21-13)23-7-2-3-8-23)9-15(22-24)18(25)20-11-14-5-4-6-19-10-14/h4-6,9-10,12H,2-3,7-8,11H2,1H3,(H,20,25). The lowest BCUT2D eigenvalue weighted by molar-refractivity contribution is 0.0945. The van der Waals surface area contributed by atoms with Crippen LogP contribution in [0, 0.1) is 6.92 Å². The molecule has 1 fully saturated rings. The normalized spacial score (nSPS) is 14.2. The van der Waals surface area contributed by atoms with E-state index in [4.69, 9.17) is 0 Å². The number of hydrogen-bond acceptors (Lipinski definition) is 5. The van der Waals surface area contributed by atoms with E-state index in [1.165, 1.54) is 12.8 Å². The fraction of sp³-hybridized carbons (Fsp3) is 0.333. The average molecular weight is 336 g/mol. The summed E-state index contributed by atoms with van der Waals surface area (Å²) in [4.78, 5) is 23.5. The summed E-state index contributed by atoms with van der Waals surface area (Å²) >= 11 is 0. The van der Waals surface area contributed by atoms with Gasteiger partial charge in [0, 0.05) is 38.1 Å². The number of hydrogen-bond donors (Lipinski definition) is 1. The van der Waals surface area contributed by atoms with Crippen LogP contribution < -0.4 is 10.2 Å². The predicted molar refractivity (Wildman–Crippen MR) is 94.6 cm³/mol. The van der Waals surface area contributed by atoms with Crippen molar-refractivity contribution in [3.8, 4) is 0 Å². The van der Waals surface area contributed by atoms with E-state index in [9.17, 15) is 4.79 Å². The fourth-order valence-electron chi connectivity index (χ4n) is 3.14. The molecule has 0 aliphatic carbocycles. The number of carbonyl (C=O) groups is 1. The van der Waals surface area contributed by atoms with Gasteiger partial charge in [-0.15, -0.1) is 0 Å². The van der Waals surface area contributed by atoms with Gasteiger partial charge >= 0.3 is 0 Å². The molecule has 1 aliphatic heterocycles. The van der Waals surface area contributed by atoms with Crippen molar-refractivity contribution < 1.29 is 4.79 Å². The molecule has 7 heteroatoms. The highest BCUT2D eigenvalue weighted by molar-refractivity contribution is 5.94. The van der Waals surface area contributed by atoms with Crippen LogP contribution in [0.15, 0.2) is 36.8 Å². The topological polar surface area (TPSA) is 75.4 Å². The number of rotatable bonds is 4. The lowest BCUT2D eigenvalue weighted by Crippen LogP contribution is -2.23. The van der Waals surface area contributed by atoms with E-state index in [0.29, 0.717) is 12.2 Å². The van der Waals surface area contributed by atoms with E-state index in [1.54, 1.807) is 16.9 Å². The predicted octanol–water partition coefficient (Wildman–Crippen LogP) is 1.96. The number of nitrogens with zero attached hydrogens (tertiary/aromatic N) is 5. The highest BCUT2D eigenvalue weighted by Crippen LogP contribution is 2.24. The number of aromatic nitrogens is 4. The summed E-state index contributed by atoms with van der Waals surface area (Å²) < 4.78 is 1.76. The molecular formula is C18H20N6O. The second-order valence-corrected chi connectivity index (χ2v) is 6.30. The van der Waals surface area contributed by atoms with Crippen LogP contribution in [0.25, 0.3) is 5.52 Å². The molecule has 0 bridgehead atoms. The zero-order chi connectivity index (χ0) is 17.2. The lowest BCUT2D eigenvalue weighted by atomic mass is 10.3. The van der Waals surface area contributed by atoms with Crippen molar-refractivity contribution in [1.29, 1.82) is 0 Å². The molecule has 0 unspecified atom stereocenters. The van der Waals surface area contributed by atoms with Crippen molar-refractivity contribution in [2.45, 2.75) is 26.3 Å². The summed E-state index contributed by atoms with van der Waals surface area (Å²) in [6, 6.07) is 5.59. The molecule has 0 aromatic carbocycles. The van der Waals surface area contributed by atoms with Crippen LogP contribution in [0.5, 0.6) is 0 Å². The molecule has 1 amide bonds. The third-order valence-electron chi connectivity index (χ3n) is 4.37. The summed E-state index contributed by atoms with van der Waals surface area (Å²) in [6.07, 6.45) is 7.65. The molecule has 128 valence electrons. The molecule has 0 radical (unpaired) electrons. The maximum Gasteiger partial charge on any atom is 0.272 e. The van der Waals surface area contributed by atoms with Crippen LogP contribution in [0.4, 0.5) is 5.82 Å². The molecule has 7 nitrogen and oxygen atoms in total. The number of amides is 1. The van der Waals surface area contributed by atoms with E-state index in [-0.39, 0.29) is 5.91 Å². The number of anilines is 1. The van der Waals surface area contributed by atoms with Crippen LogP contribution in [-0.2, 0) is 6.54 Å². The minimum absolute atomic E-state index is 0.197. The number of pyridine rings is 1. The molecule has 1 aliphatic rings. The average Bonchev–Trinajstić information content (AvgIpc) is 3.29. The van der Waals surface area contributed by atoms with Crippen molar-refractivity contribution >= 4 is 17.2 Å². The number of fused-ring (bicyclic) bond motifs is 1. The van der Waals surface area contributed by atoms with E-state index in [0.717, 1.165) is 35.7 Å².